The van der Waals surface area contributed by atoms with Crippen LogP contribution in [0.1, 0.15) is 43.5 Å². The molecule has 0 aromatic heterocycles. The fraction of sp³-hybridized carbons (Fsp3) is 0.231. The number of thioether (sulfide) groups is 1. The van der Waals surface area contributed by atoms with Crippen LogP contribution in [-0.2, 0) is 20.6 Å². The standard InChI is InChI=1S/C26H25FN2O4S2/c1-16-10-17(2)12-19(11-16)15-35(32,33)28-25(31)21-6-9-23(18(3)13-21)29-24(30)14-34-26(29)20-4-7-22(27)8-5-20/h4-13,26H,14-15H2,1-3H3,(H,28,31). The second-order valence-corrected chi connectivity index (χ2v) is 11.5. The molecule has 0 spiro atoms. The van der Waals surface area contributed by atoms with Gasteiger partial charge in [0, 0.05) is 11.3 Å². The second-order valence-electron chi connectivity index (χ2n) is 8.67. The van der Waals surface area contributed by atoms with Crippen LogP contribution < -0.4 is 9.62 Å². The summed E-state index contributed by atoms with van der Waals surface area (Å²) in [5, 5.41) is -0.320. The molecule has 4 rings (SSSR count). The van der Waals surface area contributed by atoms with Crippen LogP contribution in [0.2, 0.25) is 0 Å². The van der Waals surface area contributed by atoms with Gasteiger partial charge in [-0.15, -0.1) is 11.8 Å². The van der Waals surface area contributed by atoms with Crippen molar-refractivity contribution in [3.63, 3.8) is 0 Å². The Labute approximate surface area is 208 Å². The van der Waals surface area contributed by atoms with Crippen LogP contribution in [0.25, 0.3) is 0 Å². The SMILES string of the molecule is Cc1cc(C)cc(CS(=O)(=O)NC(=O)c2ccc(N3C(=O)CSC3c3ccc(F)cc3)c(C)c2)c1. The van der Waals surface area contributed by atoms with Crippen molar-refractivity contribution in [2.75, 3.05) is 10.7 Å². The molecule has 1 heterocycles. The van der Waals surface area contributed by atoms with Gasteiger partial charge in [-0.25, -0.2) is 17.5 Å². The van der Waals surface area contributed by atoms with E-state index in [9.17, 15) is 22.4 Å². The van der Waals surface area contributed by atoms with E-state index in [4.69, 9.17) is 0 Å². The maximum absolute atomic E-state index is 13.4. The van der Waals surface area contributed by atoms with Crippen LogP contribution in [-0.4, -0.2) is 26.0 Å². The van der Waals surface area contributed by atoms with Crippen molar-refractivity contribution >= 4 is 39.3 Å². The Morgan fingerprint density at radius 3 is 2.31 bits per heavy atom. The summed E-state index contributed by atoms with van der Waals surface area (Å²) in [5.41, 5.74) is 4.72. The van der Waals surface area contributed by atoms with Gasteiger partial charge in [0.05, 0.1) is 11.5 Å². The molecule has 182 valence electrons. The Morgan fingerprint density at radius 1 is 1.03 bits per heavy atom. The summed E-state index contributed by atoms with van der Waals surface area (Å²) in [6.45, 7) is 5.53. The first kappa shape index (κ1) is 24.9. The average Bonchev–Trinajstić information content (AvgIpc) is 3.13. The predicted octanol–water partition coefficient (Wildman–Crippen LogP) is 4.79. The fourth-order valence-electron chi connectivity index (χ4n) is 4.23. The van der Waals surface area contributed by atoms with E-state index in [1.807, 2.05) is 19.9 Å². The number of sulfonamides is 1. The Balaban J connectivity index is 1.53. The lowest BCUT2D eigenvalue weighted by Crippen LogP contribution is -2.32. The van der Waals surface area contributed by atoms with Gasteiger partial charge in [-0.2, -0.15) is 0 Å². The summed E-state index contributed by atoms with van der Waals surface area (Å²) in [6, 6.07) is 16.2. The zero-order chi connectivity index (χ0) is 25.3. The first-order valence-corrected chi connectivity index (χ1v) is 13.6. The van der Waals surface area contributed by atoms with Crippen molar-refractivity contribution in [2.24, 2.45) is 0 Å². The van der Waals surface area contributed by atoms with Crippen molar-refractivity contribution in [1.82, 2.24) is 4.72 Å². The smallest absolute Gasteiger partial charge is 0.264 e. The average molecular weight is 513 g/mol. The van der Waals surface area contributed by atoms with E-state index in [0.717, 1.165) is 16.7 Å². The molecule has 0 bridgehead atoms. The largest absolute Gasteiger partial charge is 0.295 e. The minimum absolute atomic E-state index is 0.0966. The Bertz CT molecular complexity index is 1390. The summed E-state index contributed by atoms with van der Waals surface area (Å²) in [7, 11) is -3.91. The highest BCUT2D eigenvalue weighted by molar-refractivity contribution is 8.00. The molecule has 0 saturated carbocycles. The molecular formula is C26H25FN2O4S2. The number of nitrogens with one attached hydrogen (secondary N) is 1. The van der Waals surface area contributed by atoms with Crippen molar-refractivity contribution in [1.29, 1.82) is 0 Å². The first-order chi connectivity index (χ1) is 16.5. The van der Waals surface area contributed by atoms with E-state index in [-0.39, 0.29) is 34.2 Å². The molecule has 1 saturated heterocycles. The van der Waals surface area contributed by atoms with Crippen LogP contribution in [0.15, 0.2) is 60.7 Å². The van der Waals surface area contributed by atoms with E-state index in [1.165, 1.54) is 30.0 Å². The van der Waals surface area contributed by atoms with Crippen LogP contribution in [0.4, 0.5) is 10.1 Å². The van der Waals surface area contributed by atoms with Gasteiger partial charge in [0.1, 0.15) is 11.2 Å². The molecule has 6 nitrogen and oxygen atoms in total. The highest BCUT2D eigenvalue weighted by atomic mass is 32.2. The number of carbonyl (C=O) groups is 2. The maximum atomic E-state index is 13.4. The van der Waals surface area contributed by atoms with E-state index < -0.39 is 15.9 Å². The van der Waals surface area contributed by atoms with Gasteiger partial charge in [-0.05, 0) is 67.8 Å². The van der Waals surface area contributed by atoms with Crippen molar-refractivity contribution in [2.45, 2.75) is 31.9 Å². The van der Waals surface area contributed by atoms with Crippen molar-refractivity contribution < 1.29 is 22.4 Å². The Kier molecular flexibility index (Phi) is 7.00. The number of carbonyl (C=O) groups excluding carboxylic acids is 2. The molecule has 35 heavy (non-hydrogen) atoms. The summed E-state index contributed by atoms with van der Waals surface area (Å²) in [6.07, 6.45) is 0. The van der Waals surface area contributed by atoms with Gasteiger partial charge in [0.25, 0.3) is 5.91 Å². The van der Waals surface area contributed by atoms with Crippen LogP contribution in [0, 0.1) is 26.6 Å². The van der Waals surface area contributed by atoms with Crippen molar-refractivity contribution in [3.05, 3.63) is 99.9 Å². The third-order valence-electron chi connectivity index (χ3n) is 5.63. The fourth-order valence-corrected chi connectivity index (χ4v) is 6.48. The van der Waals surface area contributed by atoms with E-state index in [1.54, 1.807) is 48.2 Å². The minimum Gasteiger partial charge on any atom is -0.295 e. The molecular weight excluding hydrogens is 487 g/mol. The quantitative estimate of drug-likeness (QED) is 0.514. The number of hydrogen-bond donors (Lipinski definition) is 1. The third kappa shape index (κ3) is 5.74. The van der Waals surface area contributed by atoms with E-state index in [0.29, 0.717) is 16.8 Å². The lowest BCUT2D eigenvalue weighted by Gasteiger charge is -2.26. The minimum atomic E-state index is -3.91. The topological polar surface area (TPSA) is 83.6 Å². The number of aryl methyl sites for hydroxylation is 3. The first-order valence-electron chi connectivity index (χ1n) is 10.9. The molecule has 1 aliphatic heterocycles. The highest BCUT2D eigenvalue weighted by Gasteiger charge is 2.35. The molecule has 2 amide bonds. The number of nitrogens with zero attached hydrogens (tertiary/aromatic N) is 1. The number of anilines is 1. The van der Waals surface area contributed by atoms with Gasteiger partial charge in [0.15, 0.2) is 0 Å². The Hall–Kier alpha value is -3.17. The molecule has 0 radical (unpaired) electrons. The molecule has 1 unspecified atom stereocenters. The monoisotopic (exact) mass is 512 g/mol. The zero-order valence-electron chi connectivity index (χ0n) is 19.5. The number of rotatable bonds is 6. The van der Waals surface area contributed by atoms with Gasteiger partial charge in [0.2, 0.25) is 15.9 Å². The third-order valence-corrected chi connectivity index (χ3v) is 8.05. The van der Waals surface area contributed by atoms with Gasteiger partial charge >= 0.3 is 0 Å². The summed E-state index contributed by atoms with van der Waals surface area (Å²) >= 11 is 1.44. The molecule has 1 N–H and O–H groups in total. The molecule has 3 aromatic rings. The lowest BCUT2D eigenvalue weighted by atomic mass is 10.1. The van der Waals surface area contributed by atoms with Crippen LogP contribution in [0.3, 0.4) is 0 Å². The molecule has 0 aliphatic carbocycles. The Morgan fingerprint density at radius 2 is 1.69 bits per heavy atom. The van der Waals surface area contributed by atoms with E-state index in [2.05, 4.69) is 4.72 Å². The molecule has 1 fully saturated rings. The zero-order valence-corrected chi connectivity index (χ0v) is 21.2. The summed E-state index contributed by atoms with van der Waals surface area (Å²) in [4.78, 5) is 27.0. The molecule has 9 heteroatoms. The normalized spacial score (nSPS) is 15.9. The summed E-state index contributed by atoms with van der Waals surface area (Å²) < 4.78 is 40.7. The van der Waals surface area contributed by atoms with Gasteiger partial charge in [-0.3, -0.25) is 14.5 Å². The van der Waals surface area contributed by atoms with Crippen LogP contribution >= 0.6 is 11.8 Å². The van der Waals surface area contributed by atoms with Crippen LogP contribution in [0.5, 0.6) is 0 Å². The predicted molar refractivity (Wildman–Crippen MR) is 136 cm³/mol. The summed E-state index contributed by atoms with van der Waals surface area (Å²) in [5.74, 6) is -1.21. The molecule has 1 atom stereocenters. The second kappa shape index (κ2) is 9.83. The molecule has 3 aromatic carbocycles. The molecule has 1 aliphatic rings. The van der Waals surface area contributed by atoms with Gasteiger partial charge in [-0.1, -0.05) is 41.5 Å². The number of halogens is 1. The van der Waals surface area contributed by atoms with Gasteiger partial charge < -0.3 is 0 Å². The highest BCUT2D eigenvalue weighted by Crippen LogP contribution is 2.42. The number of hydrogen-bond acceptors (Lipinski definition) is 5. The number of amides is 2. The van der Waals surface area contributed by atoms with E-state index >= 15 is 0 Å². The van der Waals surface area contributed by atoms with Crippen molar-refractivity contribution in [3.8, 4) is 0 Å². The number of benzene rings is 3. The lowest BCUT2D eigenvalue weighted by molar-refractivity contribution is -0.115. The maximum Gasteiger partial charge on any atom is 0.264 e.